The van der Waals surface area contributed by atoms with E-state index in [4.69, 9.17) is 0 Å². The van der Waals surface area contributed by atoms with Crippen LogP contribution >= 0.6 is 15.9 Å². The quantitative estimate of drug-likeness (QED) is 0.380. The number of hydrogen-bond donors (Lipinski definition) is 0. The van der Waals surface area contributed by atoms with Crippen molar-refractivity contribution >= 4 is 21.7 Å². The van der Waals surface area contributed by atoms with Crippen molar-refractivity contribution in [3.05, 3.63) is 33.8 Å². The highest BCUT2D eigenvalue weighted by Crippen LogP contribution is 2.24. The molecule has 0 atom stereocenters. The van der Waals surface area contributed by atoms with E-state index in [2.05, 4.69) is 22.9 Å². The van der Waals surface area contributed by atoms with E-state index in [1.54, 1.807) is 0 Å². The molecule has 0 aliphatic rings. The minimum Gasteiger partial charge on any atom is -0.294 e. The van der Waals surface area contributed by atoms with Crippen molar-refractivity contribution in [3.8, 4) is 0 Å². The first-order valence-corrected chi connectivity index (χ1v) is 7.04. The molecular formula is C14H17BrF2O. The molecule has 0 unspecified atom stereocenters. The van der Waals surface area contributed by atoms with Gasteiger partial charge in [-0.15, -0.1) is 0 Å². The van der Waals surface area contributed by atoms with Gasteiger partial charge in [0, 0.05) is 12.0 Å². The van der Waals surface area contributed by atoms with Crippen LogP contribution in [0.15, 0.2) is 16.6 Å². The Balaban J connectivity index is 2.54. The lowest BCUT2D eigenvalue weighted by molar-refractivity contribution is 0.0977. The van der Waals surface area contributed by atoms with Gasteiger partial charge in [0.1, 0.15) is 0 Å². The maximum absolute atomic E-state index is 13.3. The normalized spacial score (nSPS) is 10.7. The highest BCUT2D eigenvalue weighted by atomic mass is 79.9. The van der Waals surface area contributed by atoms with Crippen molar-refractivity contribution in [2.45, 2.75) is 45.4 Å². The van der Waals surface area contributed by atoms with Crippen molar-refractivity contribution in [2.24, 2.45) is 0 Å². The molecule has 0 heterocycles. The third kappa shape index (κ3) is 4.16. The lowest BCUT2D eigenvalue weighted by Crippen LogP contribution is -2.03. The molecule has 100 valence electrons. The predicted octanol–water partition coefficient (Wildman–Crippen LogP) is 5.27. The van der Waals surface area contributed by atoms with Crippen LogP contribution in [0.1, 0.15) is 55.8 Å². The van der Waals surface area contributed by atoms with E-state index in [1.165, 1.54) is 12.5 Å². The van der Waals surface area contributed by atoms with Gasteiger partial charge in [0.2, 0.25) is 0 Å². The second kappa shape index (κ2) is 7.62. The van der Waals surface area contributed by atoms with Crippen LogP contribution in [0.4, 0.5) is 8.78 Å². The summed E-state index contributed by atoms with van der Waals surface area (Å²) in [4.78, 5) is 11.8. The van der Waals surface area contributed by atoms with Crippen molar-refractivity contribution in [2.75, 3.05) is 0 Å². The van der Waals surface area contributed by atoms with Crippen molar-refractivity contribution in [1.82, 2.24) is 0 Å². The van der Waals surface area contributed by atoms with Crippen molar-refractivity contribution in [3.63, 3.8) is 0 Å². The summed E-state index contributed by atoms with van der Waals surface area (Å²) in [7, 11) is 0. The molecule has 1 aromatic carbocycles. The minimum absolute atomic E-state index is 0.0685. The van der Waals surface area contributed by atoms with Crippen molar-refractivity contribution in [1.29, 1.82) is 0 Å². The molecule has 1 rings (SSSR count). The first-order valence-electron chi connectivity index (χ1n) is 6.24. The fourth-order valence-electron chi connectivity index (χ4n) is 1.77. The Bertz CT molecular complexity index is 419. The largest absolute Gasteiger partial charge is 0.294 e. The molecule has 0 aliphatic heterocycles. The SMILES string of the molecule is CCCCCCCC(=O)c1ccc(F)c(F)c1Br. The minimum atomic E-state index is -0.994. The number of ketones is 1. The Kier molecular flexibility index (Phi) is 6.47. The van der Waals surface area contributed by atoms with Gasteiger partial charge in [-0.05, 0) is 34.5 Å². The standard InChI is InChI=1S/C14H17BrF2O/c1-2-3-4-5-6-7-12(18)10-8-9-11(16)14(17)13(10)15/h8-9H,2-7H2,1H3. The smallest absolute Gasteiger partial charge is 0.173 e. The van der Waals surface area contributed by atoms with Gasteiger partial charge < -0.3 is 0 Å². The van der Waals surface area contributed by atoms with Crippen LogP contribution in [0.2, 0.25) is 0 Å². The van der Waals surface area contributed by atoms with E-state index in [-0.39, 0.29) is 15.8 Å². The van der Waals surface area contributed by atoms with Crippen LogP contribution in [0.5, 0.6) is 0 Å². The molecule has 1 aromatic rings. The van der Waals surface area contributed by atoms with E-state index in [0.29, 0.717) is 6.42 Å². The summed E-state index contributed by atoms with van der Waals surface area (Å²) in [6.07, 6.45) is 5.62. The Hall–Kier alpha value is -0.770. The van der Waals surface area contributed by atoms with Crippen molar-refractivity contribution < 1.29 is 13.6 Å². The van der Waals surface area contributed by atoms with Gasteiger partial charge in [-0.1, -0.05) is 32.6 Å². The molecule has 0 aromatic heterocycles. The molecule has 0 radical (unpaired) electrons. The Morgan fingerprint density at radius 3 is 2.50 bits per heavy atom. The monoisotopic (exact) mass is 318 g/mol. The summed E-state index contributed by atoms with van der Waals surface area (Å²) in [5.74, 6) is -2.08. The van der Waals surface area contributed by atoms with E-state index in [0.717, 1.165) is 31.7 Å². The first-order chi connectivity index (χ1) is 8.57. The van der Waals surface area contributed by atoms with E-state index in [9.17, 15) is 13.6 Å². The number of unbranched alkanes of at least 4 members (excludes halogenated alkanes) is 4. The summed E-state index contributed by atoms with van der Waals surface area (Å²) in [6, 6.07) is 2.32. The molecule has 18 heavy (non-hydrogen) atoms. The van der Waals surface area contributed by atoms with Gasteiger partial charge in [0.25, 0.3) is 0 Å². The third-order valence-electron chi connectivity index (χ3n) is 2.84. The lowest BCUT2D eigenvalue weighted by Gasteiger charge is -2.05. The fraction of sp³-hybridized carbons (Fsp3) is 0.500. The molecule has 0 saturated heterocycles. The Morgan fingerprint density at radius 2 is 1.83 bits per heavy atom. The lowest BCUT2D eigenvalue weighted by atomic mass is 10.0. The molecule has 1 nitrogen and oxygen atoms in total. The molecule has 0 spiro atoms. The predicted molar refractivity (Wildman–Crippen MR) is 71.8 cm³/mol. The topological polar surface area (TPSA) is 17.1 Å². The molecule has 0 N–H and O–H groups in total. The highest BCUT2D eigenvalue weighted by Gasteiger charge is 2.16. The summed E-state index contributed by atoms with van der Waals surface area (Å²) >= 11 is 2.93. The molecule has 0 aliphatic carbocycles. The molecular weight excluding hydrogens is 302 g/mol. The number of benzene rings is 1. The first kappa shape index (κ1) is 15.3. The number of carbonyl (C=O) groups is 1. The zero-order valence-corrected chi connectivity index (χ0v) is 12.0. The zero-order chi connectivity index (χ0) is 13.5. The number of hydrogen-bond acceptors (Lipinski definition) is 1. The summed E-state index contributed by atoms with van der Waals surface area (Å²) in [6.45, 7) is 2.13. The van der Waals surface area contributed by atoms with Gasteiger partial charge in [0.15, 0.2) is 17.4 Å². The Morgan fingerprint density at radius 1 is 1.17 bits per heavy atom. The zero-order valence-electron chi connectivity index (χ0n) is 10.4. The maximum atomic E-state index is 13.3. The molecule has 0 bridgehead atoms. The van der Waals surface area contributed by atoms with Crippen LogP contribution in [0.3, 0.4) is 0 Å². The second-order valence-electron chi connectivity index (χ2n) is 4.31. The van der Waals surface area contributed by atoms with E-state index >= 15 is 0 Å². The fourth-order valence-corrected chi connectivity index (χ4v) is 2.31. The number of Topliss-reactive ketones (excluding diaryl/α,β-unsaturated/α-hetero) is 1. The number of halogens is 3. The van der Waals surface area contributed by atoms with Crippen LogP contribution in [-0.4, -0.2) is 5.78 Å². The summed E-state index contributed by atoms with van der Waals surface area (Å²) in [5.41, 5.74) is 0.226. The van der Waals surface area contributed by atoms with Crippen LogP contribution in [-0.2, 0) is 0 Å². The van der Waals surface area contributed by atoms with Gasteiger partial charge in [-0.2, -0.15) is 0 Å². The van der Waals surface area contributed by atoms with Gasteiger partial charge in [-0.3, -0.25) is 4.79 Å². The average Bonchev–Trinajstić information content (AvgIpc) is 2.35. The van der Waals surface area contributed by atoms with Gasteiger partial charge in [0.05, 0.1) is 4.47 Å². The number of rotatable bonds is 7. The Labute approximate surface area is 115 Å². The van der Waals surface area contributed by atoms with Crippen LogP contribution in [0.25, 0.3) is 0 Å². The van der Waals surface area contributed by atoms with E-state index in [1.807, 2.05) is 0 Å². The molecule has 0 amide bonds. The maximum Gasteiger partial charge on any atom is 0.173 e. The third-order valence-corrected chi connectivity index (χ3v) is 3.62. The summed E-state index contributed by atoms with van der Waals surface area (Å²) in [5, 5.41) is 0. The second-order valence-corrected chi connectivity index (χ2v) is 5.10. The average molecular weight is 319 g/mol. The molecule has 0 saturated carbocycles. The number of carbonyl (C=O) groups excluding carboxylic acids is 1. The molecule has 4 heteroatoms. The van der Waals surface area contributed by atoms with Gasteiger partial charge >= 0.3 is 0 Å². The van der Waals surface area contributed by atoms with E-state index < -0.39 is 11.6 Å². The molecule has 0 fully saturated rings. The highest BCUT2D eigenvalue weighted by molar-refractivity contribution is 9.10. The summed E-state index contributed by atoms with van der Waals surface area (Å²) < 4.78 is 26.1. The van der Waals surface area contributed by atoms with Crippen LogP contribution < -0.4 is 0 Å². The van der Waals surface area contributed by atoms with Crippen LogP contribution in [0, 0.1) is 11.6 Å². The van der Waals surface area contributed by atoms with Gasteiger partial charge in [-0.25, -0.2) is 8.78 Å².